The van der Waals surface area contributed by atoms with Gasteiger partial charge >= 0.3 is 12.2 Å². The fourth-order valence-corrected chi connectivity index (χ4v) is 8.92. The van der Waals surface area contributed by atoms with E-state index < -0.39 is 30.3 Å². The molecule has 9 rings (SSSR count). The second kappa shape index (κ2) is 17.2. The Morgan fingerprint density at radius 1 is 0.794 bits per heavy atom. The molecule has 0 radical (unpaired) electrons. The van der Waals surface area contributed by atoms with E-state index in [0.29, 0.717) is 36.9 Å². The predicted octanol–water partition coefficient (Wildman–Crippen LogP) is 7.88. The first-order valence-electron chi connectivity index (χ1n) is 21.2. The van der Waals surface area contributed by atoms with E-state index in [1.807, 2.05) is 62.5 Å². The molecule has 7 aromatic rings. The van der Waals surface area contributed by atoms with Crippen molar-refractivity contribution in [3.63, 3.8) is 0 Å². The van der Waals surface area contributed by atoms with Gasteiger partial charge in [-0.15, -0.1) is 0 Å². The number of likely N-dealkylation sites (tertiary alicyclic amines) is 1. The molecule has 4 atom stereocenters. The summed E-state index contributed by atoms with van der Waals surface area (Å²) in [6.07, 6.45) is 1.45. The Hall–Kier alpha value is -7.26. The van der Waals surface area contributed by atoms with E-state index in [0.717, 1.165) is 67.8 Å². The predicted molar refractivity (Wildman–Crippen MR) is 238 cm³/mol. The van der Waals surface area contributed by atoms with Crippen LogP contribution in [0.3, 0.4) is 0 Å². The average molecular weight is 849 g/mol. The number of morpholine rings is 1. The fourth-order valence-electron chi connectivity index (χ4n) is 8.92. The van der Waals surface area contributed by atoms with E-state index in [2.05, 4.69) is 75.2 Å². The average Bonchev–Trinajstić information content (AvgIpc) is 4.10. The van der Waals surface area contributed by atoms with E-state index in [-0.39, 0.29) is 30.4 Å². The normalized spacial score (nSPS) is 17.6. The number of carboxylic acid groups (broad SMARTS) is 1. The highest BCUT2D eigenvalue weighted by molar-refractivity contribution is 6.06. The molecule has 4 heterocycles. The second-order valence-electron chi connectivity index (χ2n) is 16.4. The van der Waals surface area contributed by atoms with Gasteiger partial charge in [0.2, 0.25) is 5.91 Å². The zero-order chi connectivity index (χ0) is 43.8. The molecule has 0 saturated carbocycles. The largest absolute Gasteiger partial charge is 0.465 e. The molecule has 15 heteroatoms. The van der Waals surface area contributed by atoms with E-state index in [4.69, 9.17) is 19.4 Å². The molecule has 2 aromatic heterocycles. The third kappa shape index (κ3) is 8.14. The van der Waals surface area contributed by atoms with Gasteiger partial charge < -0.3 is 45.0 Å². The van der Waals surface area contributed by atoms with E-state index in [1.54, 1.807) is 9.80 Å². The van der Waals surface area contributed by atoms with Gasteiger partial charge in [0.15, 0.2) is 0 Å². The summed E-state index contributed by atoms with van der Waals surface area (Å²) in [5.74, 6) is 0.526. The molecule has 15 nitrogen and oxygen atoms in total. The maximum absolute atomic E-state index is 14.0. The van der Waals surface area contributed by atoms with Gasteiger partial charge in [0.05, 0.1) is 49.3 Å². The highest BCUT2D eigenvalue weighted by Gasteiger charge is 2.38. The second-order valence-corrected chi connectivity index (χ2v) is 16.4. The molecule has 5 aromatic carbocycles. The molecule has 322 valence electrons. The van der Waals surface area contributed by atoms with Crippen molar-refractivity contribution in [2.45, 2.75) is 50.9 Å². The van der Waals surface area contributed by atoms with Crippen LogP contribution in [0.2, 0.25) is 0 Å². The van der Waals surface area contributed by atoms with Crippen LogP contribution in [0.4, 0.5) is 9.59 Å². The molecule has 0 bridgehead atoms. The first-order chi connectivity index (χ1) is 30.6. The number of nitrogens with zero attached hydrogens (tertiary/aromatic N) is 4. The first-order valence-corrected chi connectivity index (χ1v) is 21.2. The van der Waals surface area contributed by atoms with Gasteiger partial charge in [-0.3, -0.25) is 9.59 Å². The summed E-state index contributed by atoms with van der Waals surface area (Å²) in [6.45, 7) is 5.10. The summed E-state index contributed by atoms with van der Waals surface area (Å²) < 4.78 is 10.6. The maximum atomic E-state index is 14.0. The van der Waals surface area contributed by atoms with Gasteiger partial charge in [-0.2, -0.15) is 0 Å². The highest BCUT2D eigenvalue weighted by Crippen LogP contribution is 2.36. The summed E-state index contributed by atoms with van der Waals surface area (Å²) in [5.41, 5.74) is 6.22. The molecule has 0 aliphatic carbocycles. The molecule has 5 N–H and O–H groups in total. The van der Waals surface area contributed by atoms with Gasteiger partial charge in [0, 0.05) is 24.0 Å². The van der Waals surface area contributed by atoms with Crippen LogP contribution in [0.1, 0.15) is 62.0 Å². The number of hydrogen-bond acceptors (Lipinski definition) is 8. The van der Waals surface area contributed by atoms with Crippen molar-refractivity contribution in [3.8, 4) is 22.4 Å². The van der Waals surface area contributed by atoms with Crippen molar-refractivity contribution in [2.24, 2.45) is 5.92 Å². The minimum Gasteiger partial charge on any atom is -0.465 e. The summed E-state index contributed by atoms with van der Waals surface area (Å²) >= 11 is 0. The monoisotopic (exact) mass is 848 g/mol. The first kappa shape index (κ1) is 41.1. The van der Waals surface area contributed by atoms with Crippen molar-refractivity contribution in [1.29, 1.82) is 0 Å². The number of methoxy groups -OCH3 is 1. The van der Waals surface area contributed by atoms with E-state index in [1.165, 1.54) is 7.11 Å². The smallest absolute Gasteiger partial charge is 0.407 e. The Balaban J connectivity index is 0.932. The van der Waals surface area contributed by atoms with Crippen LogP contribution in [0.25, 0.3) is 55.0 Å². The Kier molecular flexibility index (Phi) is 11.3. The van der Waals surface area contributed by atoms with Crippen molar-refractivity contribution < 1.29 is 33.8 Å². The number of ether oxygens (including phenoxy) is 2. The molecule has 4 amide bonds. The quantitative estimate of drug-likeness (QED) is 0.0910. The van der Waals surface area contributed by atoms with Crippen molar-refractivity contribution in [3.05, 3.63) is 120 Å². The highest BCUT2D eigenvalue weighted by atomic mass is 16.5. The molecular formula is C48H48N8O7. The minimum absolute atomic E-state index is 0.218. The standard InChI is InChI=1S/C48H48N8O7/c1-27(2)40(53-47(59)60)45(57)56-20-21-63-26-39(56)44-50-36-18-16-33-23-32(15-17-35(33)42(36)52-44)29-11-12-31-24-34(14-13-30(31)22-29)37-25-49-43(51-37)38-10-7-19-55(38)46(58)41(54-48(61)62-3)28-8-5-4-6-9-28/h4-6,8-9,11-18,22-25,27,38-41,53H,7,10,19-21,26H2,1-3H3,(H,49,51)(H,50,52)(H,54,61)(H,59,60)/t38-,39-,40-,41+/m0/s1. The third-order valence-corrected chi connectivity index (χ3v) is 12.2. The number of aromatic amines is 2. The number of benzene rings is 5. The number of H-pyrrole nitrogens is 2. The number of alkyl carbamates (subject to hydrolysis) is 1. The lowest BCUT2D eigenvalue weighted by Crippen LogP contribution is -2.54. The number of aromatic nitrogens is 4. The maximum Gasteiger partial charge on any atom is 0.407 e. The SMILES string of the molecule is COC(=O)N[C@@H](C(=O)N1CCC[C@H]1c1ncc(-c2ccc3cc(-c4ccc5c(ccc6nc([C@@H]7COCCN7C(=O)[C@@H](NC(=O)O)C(C)C)[nH]c65)c4)ccc3c2)[nH]1)c1ccccc1. The Morgan fingerprint density at radius 3 is 2.24 bits per heavy atom. The summed E-state index contributed by atoms with van der Waals surface area (Å²) in [6, 6.07) is 29.7. The van der Waals surface area contributed by atoms with Gasteiger partial charge in [-0.05, 0) is 75.9 Å². The molecule has 0 spiro atoms. The van der Waals surface area contributed by atoms with Crippen molar-refractivity contribution in [1.82, 2.24) is 40.4 Å². The Labute approximate surface area is 362 Å². The molecule has 2 aliphatic heterocycles. The van der Waals surface area contributed by atoms with Crippen LogP contribution < -0.4 is 10.6 Å². The zero-order valence-corrected chi connectivity index (χ0v) is 35.1. The number of fused-ring (bicyclic) bond motifs is 4. The lowest BCUT2D eigenvalue weighted by molar-refractivity contribution is -0.143. The molecular weight excluding hydrogens is 801 g/mol. The van der Waals surface area contributed by atoms with Gasteiger partial charge in [-0.25, -0.2) is 19.6 Å². The third-order valence-electron chi connectivity index (χ3n) is 12.2. The molecule has 63 heavy (non-hydrogen) atoms. The van der Waals surface area contributed by atoms with Crippen molar-refractivity contribution in [2.75, 3.05) is 33.4 Å². The van der Waals surface area contributed by atoms with Crippen LogP contribution in [-0.4, -0.2) is 98.3 Å². The lowest BCUT2D eigenvalue weighted by atomic mass is 9.97. The van der Waals surface area contributed by atoms with Crippen LogP contribution in [0.5, 0.6) is 0 Å². The molecule has 2 aliphatic rings. The van der Waals surface area contributed by atoms with E-state index >= 15 is 0 Å². The Morgan fingerprint density at radius 2 is 1.49 bits per heavy atom. The topological polar surface area (TPSA) is 195 Å². The zero-order valence-electron chi connectivity index (χ0n) is 35.1. The lowest BCUT2D eigenvalue weighted by Gasteiger charge is -2.37. The van der Waals surface area contributed by atoms with Gasteiger partial charge in [0.25, 0.3) is 5.91 Å². The fraction of sp³-hybridized carbons (Fsp3) is 0.292. The van der Waals surface area contributed by atoms with Gasteiger partial charge in [0.1, 0.15) is 29.8 Å². The minimum atomic E-state index is -1.24. The molecule has 0 unspecified atom stereocenters. The molecule has 2 fully saturated rings. The van der Waals surface area contributed by atoms with Crippen LogP contribution >= 0.6 is 0 Å². The number of imidazole rings is 2. The number of carbonyl (C=O) groups is 4. The van der Waals surface area contributed by atoms with E-state index in [9.17, 15) is 24.3 Å². The van der Waals surface area contributed by atoms with Crippen LogP contribution in [0.15, 0.2) is 103 Å². The summed E-state index contributed by atoms with van der Waals surface area (Å²) in [5, 5.41) is 18.7. The molecule has 2 saturated heterocycles. The van der Waals surface area contributed by atoms with Gasteiger partial charge in [-0.1, -0.05) is 86.6 Å². The van der Waals surface area contributed by atoms with Crippen LogP contribution in [-0.2, 0) is 19.1 Å². The summed E-state index contributed by atoms with van der Waals surface area (Å²) in [7, 11) is 1.28. The van der Waals surface area contributed by atoms with Crippen molar-refractivity contribution >= 4 is 56.6 Å². The Bertz CT molecular complexity index is 2860. The van der Waals surface area contributed by atoms with Crippen LogP contribution in [0, 0.1) is 5.92 Å². The number of hydrogen-bond donors (Lipinski definition) is 5. The number of amides is 4. The summed E-state index contributed by atoms with van der Waals surface area (Å²) in [4.78, 5) is 71.4. The number of rotatable bonds is 10. The number of nitrogens with one attached hydrogen (secondary N) is 4. The number of carbonyl (C=O) groups excluding carboxylic acids is 3.